The molecule has 0 N–H and O–H groups in total. The number of rotatable bonds is 0. The molecule has 0 aromatic carbocycles. The van der Waals surface area contributed by atoms with Crippen molar-refractivity contribution in [3.63, 3.8) is 0 Å². The van der Waals surface area contributed by atoms with Crippen LogP contribution in [0.4, 0.5) is 13.2 Å². The van der Waals surface area contributed by atoms with E-state index < -0.39 is 12.1 Å². The van der Waals surface area contributed by atoms with Crippen LogP contribution in [-0.4, -0.2) is 15.7 Å². The van der Waals surface area contributed by atoms with Crippen molar-refractivity contribution in [3.8, 4) is 0 Å². The van der Waals surface area contributed by atoms with E-state index in [0.717, 1.165) is 0 Å². The molecule has 0 bridgehead atoms. The summed E-state index contributed by atoms with van der Waals surface area (Å²) in [6.45, 7) is 0.430. The van der Waals surface area contributed by atoms with Gasteiger partial charge in [0.05, 0.1) is 5.92 Å². The fraction of sp³-hybridized carbons (Fsp3) is 0.625. The molecule has 1 aromatic rings. The van der Waals surface area contributed by atoms with Crippen molar-refractivity contribution in [2.75, 3.05) is 0 Å². The predicted octanol–water partition coefficient (Wildman–Crippen LogP) is 2.01. The van der Waals surface area contributed by atoms with E-state index >= 15 is 0 Å². The number of fused-ring (bicyclic) bond motifs is 1. The van der Waals surface area contributed by atoms with Crippen LogP contribution < -0.4 is 0 Å². The normalized spacial score (nSPS) is 22.8. The molecular weight excluding hydrogens is 181 g/mol. The summed E-state index contributed by atoms with van der Waals surface area (Å²) in [6, 6.07) is 0. The molecule has 13 heavy (non-hydrogen) atoms. The van der Waals surface area contributed by atoms with Crippen molar-refractivity contribution in [2.45, 2.75) is 25.6 Å². The van der Waals surface area contributed by atoms with Crippen LogP contribution >= 0.6 is 0 Å². The maximum Gasteiger partial charge on any atom is 0.392 e. The molecule has 0 aliphatic carbocycles. The van der Waals surface area contributed by atoms with Crippen LogP contribution in [0.5, 0.6) is 0 Å². The lowest BCUT2D eigenvalue weighted by Gasteiger charge is -2.25. The Balaban J connectivity index is 2.18. The van der Waals surface area contributed by atoms with Crippen LogP contribution in [0.3, 0.4) is 0 Å². The van der Waals surface area contributed by atoms with E-state index in [2.05, 4.69) is 4.98 Å². The van der Waals surface area contributed by atoms with Crippen LogP contribution in [0.15, 0.2) is 12.4 Å². The number of nitrogens with zero attached hydrogens (tertiary/aromatic N) is 2. The number of hydrogen-bond donors (Lipinski definition) is 0. The zero-order chi connectivity index (χ0) is 9.47. The molecule has 5 heteroatoms. The molecule has 1 aromatic heterocycles. The van der Waals surface area contributed by atoms with Gasteiger partial charge < -0.3 is 4.57 Å². The van der Waals surface area contributed by atoms with Crippen LogP contribution in [0.2, 0.25) is 0 Å². The SMILES string of the molecule is FC(F)(F)C1CCn2ccnc2C1. The van der Waals surface area contributed by atoms with E-state index in [1.54, 1.807) is 17.0 Å². The first-order chi connectivity index (χ1) is 6.07. The molecule has 1 unspecified atom stereocenters. The summed E-state index contributed by atoms with van der Waals surface area (Å²) >= 11 is 0. The molecule has 0 amide bonds. The molecule has 0 spiro atoms. The standard InChI is InChI=1S/C8H9F3N2/c9-8(10,11)6-1-3-13-4-2-12-7(13)5-6/h2,4,6H,1,3,5H2. The molecule has 1 aliphatic rings. The Hall–Kier alpha value is -1.00. The predicted molar refractivity (Wildman–Crippen MR) is 40.1 cm³/mol. The van der Waals surface area contributed by atoms with Gasteiger partial charge in [0.25, 0.3) is 0 Å². The van der Waals surface area contributed by atoms with Gasteiger partial charge in [0.1, 0.15) is 5.82 Å². The first-order valence-electron chi connectivity index (χ1n) is 4.14. The van der Waals surface area contributed by atoms with Gasteiger partial charge in [0.2, 0.25) is 0 Å². The van der Waals surface area contributed by atoms with E-state index in [-0.39, 0.29) is 12.8 Å². The van der Waals surface area contributed by atoms with Crippen LogP contribution in [0, 0.1) is 5.92 Å². The highest BCUT2D eigenvalue weighted by Crippen LogP contribution is 2.34. The second-order valence-corrected chi connectivity index (χ2v) is 3.27. The van der Waals surface area contributed by atoms with Gasteiger partial charge in [0, 0.05) is 25.4 Å². The summed E-state index contributed by atoms with van der Waals surface area (Å²) in [5, 5.41) is 0. The van der Waals surface area contributed by atoms with Crippen LogP contribution in [-0.2, 0) is 13.0 Å². The minimum absolute atomic E-state index is 0.0243. The van der Waals surface area contributed by atoms with Gasteiger partial charge in [-0.05, 0) is 6.42 Å². The van der Waals surface area contributed by atoms with Gasteiger partial charge in [-0.3, -0.25) is 0 Å². The Kier molecular flexibility index (Phi) is 1.82. The summed E-state index contributed by atoms with van der Waals surface area (Å²) in [5.41, 5.74) is 0. The van der Waals surface area contributed by atoms with E-state index in [1.165, 1.54) is 0 Å². The minimum Gasteiger partial charge on any atom is -0.335 e. The number of imidazole rings is 1. The lowest BCUT2D eigenvalue weighted by molar-refractivity contribution is -0.179. The highest BCUT2D eigenvalue weighted by molar-refractivity contribution is 4.98. The smallest absolute Gasteiger partial charge is 0.335 e. The molecule has 0 radical (unpaired) electrons. The van der Waals surface area contributed by atoms with Crippen molar-refractivity contribution in [3.05, 3.63) is 18.2 Å². The summed E-state index contributed by atoms with van der Waals surface area (Å²) < 4.78 is 38.7. The van der Waals surface area contributed by atoms with Gasteiger partial charge in [-0.15, -0.1) is 0 Å². The summed E-state index contributed by atoms with van der Waals surface area (Å²) in [4.78, 5) is 3.88. The molecule has 0 saturated carbocycles. The third kappa shape index (κ3) is 1.55. The maximum absolute atomic E-state index is 12.3. The van der Waals surface area contributed by atoms with Crippen molar-refractivity contribution in [1.82, 2.24) is 9.55 Å². The highest BCUT2D eigenvalue weighted by Gasteiger charge is 2.41. The van der Waals surface area contributed by atoms with Gasteiger partial charge in [0.15, 0.2) is 0 Å². The molecule has 72 valence electrons. The third-order valence-corrected chi connectivity index (χ3v) is 2.41. The van der Waals surface area contributed by atoms with Crippen molar-refractivity contribution >= 4 is 0 Å². The van der Waals surface area contributed by atoms with Crippen LogP contribution in [0.25, 0.3) is 0 Å². The number of halogens is 3. The van der Waals surface area contributed by atoms with Gasteiger partial charge in [-0.1, -0.05) is 0 Å². The first kappa shape index (κ1) is 8.59. The largest absolute Gasteiger partial charge is 0.392 e. The lowest BCUT2D eigenvalue weighted by Crippen LogP contribution is -2.31. The molecule has 2 nitrogen and oxygen atoms in total. The molecule has 2 rings (SSSR count). The molecule has 1 atom stereocenters. The van der Waals surface area contributed by atoms with Crippen molar-refractivity contribution in [1.29, 1.82) is 0 Å². The number of hydrogen-bond acceptors (Lipinski definition) is 1. The average molecular weight is 190 g/mol. The number of aromatic nitrogens is 2. The summed E-state index contributed by atoms with van der Waals surface area (Å²) in [6.07, 6.45) is -0.601. The van der Waals surface area contributed by atoms with Crippen molar-refractivity contribution in [2.24, 2.45) is 5.92 Å². The zero-order valence-electron chi connectivity index (χ0n) is 6.88. The van der Waals surface area contributed by atoms with Gasteiger partial charge in [-0.2, -0.15) is 13.2 Å². The Bertz CT molecular complexity index is 303. The number of alkyl halides is 3. The monoisotopic (exact) mass is 190 g/mol. The second kappa shape index (κ2) is 2.75. The summed E-state index contributed by atoms with van der Waals surface area (Å²) in [5.74, 6) is -0.657. The van der Waals surface area contributed by atoms with E-state index in [1.807, 2.05) is 0 Å². The Morgan fingerprint density at radius 2 is 2.23 bits per heavy atom. The molecule has 2 heterocycles. The first-order valence-corrected chi connectivity index (χ1v) is 4.14. The number of aryl methyl sites for hydroxylation is 1. The van der Waals surface area contributed by atoms with Gasteiger partial charge >= 0.3 is 6.18 Å². The molecule has 0 fully saturated rings. The fourth-order valence-corrected chi connectivity index (χ4v) is 1.63. The molecule has 0 saturated heterocycles. The Labute approximate surface area is 73.4 Å². The van der Waals surface area contributed by atoms with E-state index in [4.69, 9.17) is 0 Å². The van der Waals surface area contributed by atoms with E-state index in [0.29, 0.717) is 12.4 Å². The average Bonchev–Trinajstić information content (AvgIpc) is 2.47. The summed E-state index contributed by atoms with van der Waals surface area (Å²) in [7, 11) is 0. The van der Waals surface area contributed by atoms with Crippen molar-refractivity contribution < 1.29 is 13.2 Å². The Morgan fingerprint density at radius 1 is 1.46 bits per heavy atom. The zero-order valence-corrected chi connectivity index (χ0v) is 6.88. The highest BCUT2D eigenvalue weighted by atomic mass is 19.4. The third-order valence-electron chi connectivity index (χ3n) is 2.41. The van der Waals surface area contributed by atoms with E-state index in [9.17, 15) is 13.2 Å². The fourth-order valence-electron chi connectivity index (χ4n) is 1.63. The topological polar surface area (TPSA) is 17.8 Å². The Morgan fingerprint density at radius 3 is 2.92 bits per heavy atom. The lowest BCUT2D eigenvalue weighted by atomic mass is 9.97. The maximum atomic E-state index is 12.3. The molecule has 1 aliphatic heterocycles. The quantitative estimate of drug-likeness (QED) is 0.611. The molecular formula is C8H9F3N2. The second-order valence-electron chi connectivity index (χ2n) is 3.27. The van der Waals surface area contributed by atoms with Crippen LogP contribution in [0.1, 0.15) is 12.2 Å². The van der Waals surface area contributed by atoms with Gasteiger partial charge in [-0.25, -0.2) is 4.98 Å². The minimum atomic E-state index is -4.07.